The van der Waals surface area contributed by atoms with Gasteiger partial charge in [0.1, 0.15) is 5.75 Å². The number of hydrogen-bond acceptors (Lipinski definition) is 6. The van der Waals surface area contributed by atoms with Gasteiger partial charge in [-0.3, -0.25) is 0 Å². The molecule has 9 heteroatoms. The number of aliphatic hydroxyl groups is 1. The summed E-state index contributed by atoms with van der Waals surface area (Å²) in [6, 6.07) is 33.8. The van der Waals surface area contributed by atoms with E-state index in [9.17, 15) is 15.3 Å². The maximum atomic E-state index is 10.1. The summed E-state index contributed by atoms with van der Waals surface area (Å²) < 4.78 is 20.3. The summed E-state index contributed by atoms with van der Waals surface area (Å²) in [6.07, 6.45) is 2.59. The van der Waals surface area contributed by atoms with E-state index in [0.29, 0.717) is 11.3 Å². The summed E-state index contributed by atoms with van der Waals surface area (Å²) in [6.45, 7) is 8.95. The van der Waals surface area contributed by atoms with E-state index in [2.05, 4.69) is 74.7 Å². The van der Waals surface area contributed by atoms with E-state index in [1.165, 1.54) is 0 Å². The highest BCUT2D eigenvalue weighted by Gasteiger charge is 2.50. The highest BCUT2D eigenvalue weighted by atomic mass is 28.5. The van der Waals surface area contributed by atoms with Crippen molar-refractivity contribution < 1.29 is 28.3 Å². The molecule has 4 aromatic carbocycles. The van der Waals surface area contributed by atoms with Crippen molar-refractivity contribution in [2.75, 3.05) is 7.11 Å². The summed E-state index contributed by atoms with van der Waals surface area (Å²) in [5.74, 6) is 0.754. The van der Waals surface area contributed by atoms with Crippen LogP contribution >= 0.6 is 0 Å². The standard InChI is InChI=1S/C35H46O6Si3/c1-39-35-26-29(19-21-34(35)38)22-24-43(4,5)41-44(31-14-8-6-9-15-31,32-16-10-7-11-17-32)40-42(2,3)23-12-13-28-18-20-33(37)30(25-28)27-36/h6-11,14-21,25-26,36-38H,12-13,22-24,27H2,1-5H3. The Bertz CT molecular complexity index is 1460. The molecule has 0 saturated heterocycles. The molecule has 0 aromatic heterocycles. The second-order valence-corrected chi connectivity index (χ2v) is 24.6. The predicted octanol–water partition coefficient (Wildman–Crippen LogP) is 6.47. The zero-order valence-electron chi connectivity index (χ0n) is 26.5. The minimum Gasteiger partial charge on any atom is -0.508 e. The van der Waals surface area contributed by atoms with E-state index in [4.69, 9.17) is 13.0 Å². The molecule has 4 aromatic rings. The molecule has 0 bridgehead atoms. The third-order valence-electron chi connectivity index (χ3n) is 7.97. The Kier molecular flexibility index (Phi) is 11.3. The Labute approximate surface area is 265 Å². The number of phenols is 2. The van der Waals surface area contributed by atoms with E-state index in [0.717, 1.165) is 52.9 Å². The molecule has 3 N–H and O–H groups in total. The fourth-order valence-corrected chi connectivity index (χ4v) is 18.6. The first-order chi connectivity index (χ1) is 21.0. The number of rotatable bonds is 15. The zero-order chi connectivity index (χ0) is 31.8. The molecule has 4 rings (SSSR count). The fraction of sp³-hybridized carbons (Fsp3) is 0.314. The van der Waals surface area contributed by atoms with E-state index in [1.807, 2.05) is 36.4 Å². The SMILES string of the molecule is COc1cc(CC[Si](C)(C)O[Si](O[Si](C)(C)CCCc2ccc(O)c(CO)c2)(c2ccccc2)c2ccccc2)ccc1O. The molecular formula is C35H46O6Si3. The molecule has 0 atom stereocenters. The van der Waals surface area contributed by atoms with Gasteiger partial charge in [-0.2, -0.15) is 0 Å². The van der Waals surface area contributed by atoms with Gasteiger partial charge in [0.15, 0.2) is 28.1 Å². The first-order valence-electron chi connectivity index (χ1n) is 15.3. The normalized spacial score (nSPS) is 12.3. The average Bonchev–Trinajstić information content (AvgIpc) is 3.01. The van der Waals surface area contributed by atoms with Gasteiger partial charge in [0.25, 0.3) is 0 Å². The van der Waals surface area contributed by atoms with E-state index >= 15 is 0 Å². The number of hydrogen-bond donors (Lipinski definition) is 3. The van der Waals surface area contributed by atoms with Gasteiger partial charge < -0.3 is 28.3 Å². The molecule has 234 valence electrons. The van der Waals surface area contributed by atoms with Crippen molar-refractivity contribution in [1.82, 2.24) is 0 Å². The van der Waals surface area contributed by atoms with Crippen molar-refractivity contribution in [3.63, 3.8) is 0 Å². The van der Waals surface area contributed by atoms with Crippen molar-refractivity contribution >= 4 is 35.6 Å². The van der Waals surface area contributed by atoms with Crippen LogP contribution in [0.2, 0.25) is 38.3 Å². The largest absolute Gasteiger partial charge is 0.508 e. The van der Waals surface area contributed by atoms with Gasteiger partial charge in [-0.1, -0.05) is 72.8 Å². The molecule has 0 radical (unpaired) electrons. The minimum atomic E-state index is -3.14. The van der Waals surface area contributed by atoms with Crippen molar-refractivity contribution in [2.24, 2.45) is 0 Å². The molecule has 0 spiro atoms. The lowest BCUT2D eigenvalue weighted by Gasteiger charge is -2.43. The van der Waals surface area contributed by atoms with Gasteiger partial charge in [0.05, 0.1) is 13.7 Å². The summed E-state index contributed by atoms with van der Waals surface area (Å²) in [5, 5.41) is 31.8. The Morgan fingerprint density at radius 1 is 0.614 bits per heavy atom. The minimum absolute atomic E-state index is 0.129. The Morgan fingerprint density at radius 2 is 1.14 bits per heavy atom. The molecule has 44 heavy (non-hydrogen) atoms. The second kappa shape index (κ2) is 14.7. The summed E-state index contributed by atoms with van der Waals surface area (Å²) >= 11 is 0. The molecule has 0 heterocycles. The van der Waals surface area contributed by atoms with Gasteiger partial charge in [0, 0.05) is 5.56 Å². The van der Waals surface area contributed by atoms with Crippen LogP contribution in [0.1, 0.15) is 23.1 Å². The molecule has 0 aliphatic rings. The maximum Gasteiger partial charge on any atom is 0.386 e. The summed E-state index contributed by atoms with van der Waals surface area (Å²) in [4.78, 5) is 0. The third kappa shape index (κ3) is 8.71. The van der Waals surface area contributed by atoms with E-state index < -0.39 is 25.2 Å². The molecule has 0 amide bonds. The lowest BCUT2D eigenvalue weighted by molar-refractivity contribution is 0.275. The second-order valence-electron chi connectivity index (χ2n) is 12.6. The average molecular weight is 647 g/mol. The van der Waals surface area contributed by atoms with Crippen LogP contribution in [0.3, 0.4) is 0 Å². The number of phenolic OH excluding ortho intramolecular Hbond substituents is 1. The molecule has 0 aliphatic carbocycles. The number of aromatic hydroxyl groups is 2. The molecule has 0 fully saturated rings. The topological polar surface area (TPSA) is 88.4 Å². The fourth-order valence-electron chi connectivity index (χ4n) is 5.58. The van der Waals surface area contributed by atoms with Crippen molar-refractivity contribution in [2.45, 2.75) is 64.1 Å². The first-order valence-corrected chi connectivity index (χ1v) is 23.3. The first kappa shape index (κ1) is 33.7. The van der Waals surface area contributed by atoms with Crippen molar-refractivity contribution in [1.29, 1.82) is 0 Å². The summed E-state index contributed by atoms with van der Waals surface area (Å²) in [5.41, 5.74) is 2.76. The number of aliphatic hydroxyl groups excluding tert-OH is 1. The highest BCUT2D eigenvalue weighted by Crippen LogP contribution is 2.30. The van der Waals surface area contributed by atoms with Gasteiger partial charge in [0.2, 0.25) is 0 Å². The molecular weight excluding hydrogens is 601 g/mol. The molecule has 0 saturated carbocycles. The molecule has 0 aliphatic heterocycles. The van der Waals surface area contributed by atoms with Gasteiger partial charge in [-0.25, -0.2) is 0 Å². The molecule has 6 nitrogen and oxygen atoms in total. The smallest absolute Gasteiger partial charge is 0.386 e. The quantitative estimate of drug-likeness (QED) is 0.128. The molecule has 0 unspecified atom stereocenters. The monoisotopic (exact) mass is 646 g/mol. The van der Waals surface area contributed by atoms with Crippen LogP contribution in [-0.4, -0.2) is 47.6 Å². The van der Waals surface area contributed by atoms with E-state index in [1.54, 1.807) is 19.2 Å². The van der Waals surface area contributed by atoms with Crippen LogP contribution in [0.5, 0.6) is 17.2 Å². The van der Waals surface area contributed by atoms with Gasteiger partial charge in [-0.05, 0) is 103 Å². The zero-order valence-corrected chi connectivity index (χ0v) is 29.5. The maximum absolute atomic E-state index is 10.1. The van der Waals surface area contributed by atoms with Crippen LogP contribution in [0.15, 0.2) is 97.1 Å². The van der Waals surface area contributed by atoms with E-state index in [-0.39, 0.29) is 18.1 Å². The Hall–Kier alpha value is -3.19. The van der Waals surface area contributed by atoms with Crippen LogP contribution in [0.25, 0.3) is 0 Å². The lowest BCUT2D eigenvalue weighted by atomic mass is 10.1. The number of ether oxygens (including phenoxy) is 1. The van der Waals surface area contributed by atoms with Gasteiger partial charge in [-0.15, -0.1) is 0 Å². The highest BCUT2D eigenvalue weighted by molar-refractivity contribution is 7.02. The van der Waals surface area contributed by atoms with Crippen LogP contribution in [0.4, 0.5) is 0 Å². The van der Waals surface area contributed by atoms with Crippen molar-refractivity contribution in [3.8, 4) is 17.2 Å². The van der Waals surface area contributed by atoms with Crippen LogP contribution in [-0.2, 0) is 27.7 Å². The summed E-state index contributed by atoms with van der Waals surface area (Å²) in [7, 11) is -6.17. The third-order valence-corrected chi connectivity index (χ3v) is 19.9. The van der Waals surface area contributed by atoms with Crippen molar-refractivity contribution in [3.05, 3.63) is 114 Å². The van der Waals surface area contributed by atoms with Gasteiger partial charge >= 0.3 is 8.56 Å². The lowest BCUT2D eigenvalue weighted by Crippen LogP contribution is -2.70. The van der Waals surface area contributed by atoms with Crippen LogP contribution in [0, 0.1) is 0 Å². The number of benzene rings is 4. The number of methoxy groups -OCH3 is 1. The Morgan fingerprint density at radius 3 is 1.68 bits per heavy atom. The number of aryl methyl sites for hydroxylation is 2. The van der Waals surface area contributed by atoms with Crippen LogP contribution < -0.4 is 15.1 Å². The predicted molar refractivity (Wildman–Crippen MR) is 185 cm³/mol. The Balaban J connectivity index is 1.62.